The van der Waals surface area contributed by atoms with Gasteiger partial charge in [-0.2, -0.15) is 0 Å². The van der Waals surface area contributed by atoms with Crippen molar-refractivity contribution in [2.75, 3.05) is 7.05 Å². The number of rotatable bonds is 4. The van der Waals surface area contributed by atoms with Gasteiger partial charge in [-0.1, -0.05) is 19.3 Å². The number of hydrogen-bond acceptors (Lipinski definition) is 3. The summed E-state index contributed by atoms with van der Waals surface area (Å²) in [7, 11) is 2.03. The second kappa shape index (κ2) is 6.66. The molecule has 0 aliphatic heterocycles. The fourth-order valence-corrected chi connectivity index (χ4v) is 3.00. The minimum atomic E-state index is -0.645. The van der Waals surface area contributed by atoms with Crippen molar-refractivity contribution in [3.63, 3.8) is 0 Å². The average Bonchev–Trinajstić information content (AvgIpc) is 2.65. The standard InChI is InChI=1S/C15H22N2O2/c1-17(11-12-7-9-16-10-8-12)14-6-4-2-3-5-13(14)15(18)19/h7-10,13-14H,2-6,11H2,1H3,(H,18,19). The number of hydrogen-bond donors (Lipinski definition) is 1. The van der Waals surface area contributed by atoms with Crippen molar-refractivity contribution in [3.8, 4) is 0 Å². The molecule has 19 heavy (non-hydrogen) atoms. The zero-order valence-electron chi connectivity index (χ0n) is 11.5. The average molecular weight is 262 g/mol. The van der Waals surface area contributed by atoms with Crippen LogP contribution < -0.4 is 0 Å². The molecule has 2 rings (SSSR count). The van der Waals surface area contributed by atoms with E-state index in [2.05, 4.69) is 9.88 Å². The van der Waals surface area contributed by atoms with E-state index in [1.807, 2.05) is 19.2 Å². The summed E-state index contributed by atoms with van der Waals surface area (Å²) in [6.07, 6.45) is 8.68. The normalized spacial score (nSPS) is 24.1. The molecule has 0 spiro atoms. The molecule has 1 aliphatic rings. The van der Waals surface area contributed by atoms with Crippen molar-refractivity contribution in [1.29, 1.82) is 0 Å². The second-order valence-corrected chi connectivity index (χ2v) is 5.42. The molecule has 2 atom stereocenters. The van der Waals surface area contributed by atoms with E-state index in [1.54, 1.807) is 12.4 Å². The summed E-state index contributed by atoms with van der Waals surface area (Å²) in [6.45, 7) is 0.789. The lowest BCUT2D eigenvalue weighted by Crippen LogP contribution is -2.40. The molecule has 1 aliphatic carbocycles. The number of aliphatic carboxylic acids is 1. The van der Waals surface area contributed by atoms with Crippen LogP contribution in [0.15, 0.2) is 24.5 Å². The number of pyridine rings is 1. The predicted molar refractivity (Wildman–Crippen MR) is 73.7 cm³/mol. The van der Waals surface area contributed by atoms with E-state index in [9.17, 15) is 9.90 Å². The molecule has 1 saturated carbocycles. The van der Waals surface area contributed by atoms with Gasteiger partial charge in [0.2, 0.25) is 0 Å². The van der Waals surface area contributed by atoms with Crippen molar-refractivity contribution in [1.82, 2.24) is 9.88 Å². The zero-order valence-corrected chi connectivity index (χ0v) is 11.5. The van der Waals surface area contributed by atoms with Gasteiger partial charge in [0, 0.05) is 25.0 Å². The van der Waals surface area contributed by atoms with Crippen LogP contribution in [-0.4, -0.2) is 34.0 Å². The Morgan fingerprint density at radius 3 is 2.68 bits per heavy atom. The van der Waals surface area contributed by atoms with Gasteiger partial charge in [0.15, 0.2) is 0 Å². The van der Waals surface area contributed by atoms with Crippen LogP contribution in [0.2, 0.25) is 0 Å². The summed E-state index contributed by atoms with van der Waals surface area (Å²) in [5.74, 6) is -0.872. The first-order valence-electron chi connectivity index (χ1n) is 7.00. The molecule has 1 aromatic heterocycles. The summed E-state index contributed by atoms with van der Waals surface area (Å²) < 4.78 is 0. The molecule has 0 amide bonds. The largest absolute Gasteiger partial charge is 0.481 e. The number of nitrogens with zero attached hydrogens (tertiary/aromatic N) is 2. The van der Waals surface area contributed by atoms with E-state index < -0.39 is 5.97 Å². The van der Waals surface area contributed by atoms with E-state index in [-0.39, 0.29) is 12.0 Å². The zero-order chi connectivity index (χ0) is 13.7. The van der Waals surface area contributed by atoms with E-state index >= 15 is 0 Å². The van der Waals surface area contributed by atoms with Crippen LogP contribution >= 0.6 is 0 Å². The highest BCUT2D eigenvalue weighted by atomic mass is 16.4. The van der Waals surface area contributed by atoms with Crippen LogP contribution in [0.3, 0.4) is 0 Å². The SMILES string of the molecule is CN(Cc1ccncc1)C1CCCCCC1C(=O)O. The summed E-state index contributed by atoms with van der Waals surface area (Å²) in [5, 5.41) is 9.41. The monoisotopic (exact) mass is 262 g/mol. The summed E-state index contributed by atoms with van der Waals surface area (Å²) >= 11 is 0. The third kappa shape index (κ3) is 3.77. The van der Waals surface area contributed by atoms with Gasteiger partial charge in [0.1, 0.15) is 0 Å². The van der Waals surface area contributed by atoms with E-state index in [0.29, 0.717) is 0 Å². The maximum Gasteiger partial charge on any atom is 0.308 e. The molecule has 0 saturated heterocycles. The van der Waals surface area contributed by atoms with Crippen LogP contribution in [0, 0.1) is 5.92 Å². The molecule has 1 heterocycles. The van der Waals surface area contributed by atoms with Crippen molar-refractivity contribution in [2.45, 2.75) is 44.7 Å². The lowest BCUT2D eigenvalue weighted by molar-refractivity contribution is -0.144. The van der Waals surface area contributed by atoms with Crippen molar-refractivity contribution in [2.24, 2.45) is 5.92 Å². The Morgan fingerprint density at radius 1 is 1.32 bits per heavy atom. The molecule has 104 valence electrons. The lowest BCUT2D eigenvalue weighted by atomic mass is 9.93. The highest BCUT2D eigenvalue weighted by Crippen LogP contribution is 2.27. The minimum Gasteiger partial charge on any atom is -0.481 e. The molecule has 0 aromatic carbocycles. The third-order valence-corrected chi connectivity index (χ3v) is 4.04. The molecular weight excluding hydrogens is 240 g/mol. The van der Waals surface area contributed by atoms with Gasteiger partial charge in [-0.25, -0.2) is 0 Å². The van der Waals surface area contributed by atoms with Gasteiger partial charge in [-0.05, 0) is 37.6 Å². The Morgan fingerprint density at radius 2 is 2.00 bits per heavy atom. The number of carboxylic acids is 1. The van der Waals surface area contributed by atoms with E-state index in [1.165, 1.54) is 5.56 Å². The van der Waals surface area contributed by atoms with Crippen LogP contribution in [0.4, 0.5) is 0 Å². The number of carbonyl (C=O) groups is 1. The highest BCUT2D eigenvalue weighted by Gasteiger charge is 2.32. The molecule has 1 N–H and O–H groups in total. The van der Waals surface area contributed by atoms with E-state index in [4.69, 9.17) is 0 Å². The summed E-state index contributed by atoms with van der Waals surface area (Å²) in [6, 6.07) is 4.12. The Balaban J connectivity index is 2.06. The first-order chi connectivity index (χ1) is 9.18. The van der Waals surface area contributed by atoms with Gasteiger partial charge in [-0.3, -0.25) is 14.7 Å². The molecule has 4 heteroatoms. The Kier molecular flexibility index (Phi) is 4.91. The molecule has 4 nitrogen and oxygen atoms in total. The Hall–Kier alpha value is -1.42. The first kappa shape index (κ1) is 14.0. The topological polar surface area (TPSA) is 53.4 Å². The fourth-order valence-electron chi connectivity index (χ4n) is 3.00. The smallest absolute Gasteiger partial charge is 0.308 e. The van der Waals surface area contributed by atoms with Crippen molar-refractivity contribution >= 4 is 5.97 Å². The van der Waals surface area contributed by atoms with Crippen LogP contribution in [0.1, 0.15) is 37.7 Å². The van der Waals surface area contributed by atoms with Crippen molar-refractivity contribution in [3.05, 3.63) is 30.1 Å². The quantitative estimate of drug-likeness (QED) is 0.847. The molecule has 1 aromatic rings. The van der Waals surface area contributed by atoms with Crippen LogP contribution in [0.5, 0.6) is 0 Å². The van der Waals surface area contributed by atoms with Gasteiger partial charge in [-0.15, -0.1) is 0 Å². The van der Waals surface area contributed by atoms with Crippen molar-refractivity contribution < 1.29 is 9.90 Å². The van der Waals surface area contributed by atoms with Gasteiger partial charge in [0.05, 0.1) is 5.92 Å². The predicted octanol–water partition coefficient (Wildman–Crippen LogP) is 2.55. The summed E-state index contributed by atoms with van der Waals surface area (Å²) in [5.41, 5.74) is 1.19. The van der Waals surface area contributed by atoms with E-state index in [0.717, 1.165) is 38.6 Å². The third-order valence-electron chi connectivity index (χ3n) is 4.04. The number of carboxylic acid groups (broad SMARTS) is 1. The van der Waals surface area contributed by atoms with Crippen LogP contribution in [-0.2, 0) is 11.3 Å². The Bertz CT molecular complexity index is 408. The maximum atomic E-state index is 11.4. The molecule has 0 bridgehead atoms. The molecule has 1 fully saturated rings. The van der Waals surface area contributed by atoms with Gasteiger partial charge < -0.3 is 5.11 Å². The number of aromatic nitrogens is 1. The maximum absolute atomic E-state index is 11.4. The molecular formula is C15H22N2O2. The summed E-state index contributed by atoms with van der Waals surface area (Å²) in [4.78, 5) is 17.6. The lowest BCUT2D eigenvalue weighted by Gasteiger charge is -2.31. The van der Waals surface area contributed by atoms with Gasteiger partial charge >= 0.3 is 5.97 Å². The molecule has 0 radical (unpaired) electrons. The van der Waals surface area contributed by atoms with Gasteiger partial charge in [0.25, 0.3) is 0 Å². The first-order valence-corrected chi connectivity index (χ1v) is 7.00. The van der Waals surface area contributed by atoms with Crippen LogP contribution in [0.25, 0.3) is 0 Å². The second-order valence-electron chi connectivity index (χ2n) is 5.42. The highest BCUT2D eigenvalue weighted by molar-refractivity contribution is 5.70. The minimum absolute atomic E-state index is 0.146. The fraction of sp³-hybridized carbons (Fsp3) is 0.600. The Labute approximate surface area is 114 Å². The molecule has 2 unspecified atom stereocenters.